The summed E-state index contributed by atoms with van der Waals surface area (Å²) in [6, 6.07) is 21.1. The number of carbonyl (C=O) groups is 1. The van der Waals surface area contributed by atoms with Crippen molar-refractivity contribution in [2.75, 3.05) is 0 Å². The van der Waals surface area contributed by atoms with Crippen molar-refractivity contribution in [3.05, 3.63) is 94.8 Å². The van der Waals surface area contributed by atoms with Crippen molar-refractivity contribution in [2.24, 2.45) is 0 Å². The Hall–Kier alpha value is -2.30. The van der Waals surface area contributed by atoms with Gasteiger partial charge in [-0.05, 0) is 54.1 Å². The number of carbonyl (C=O) groups excluding carboxylic acids is 1. The summed E-state index contributed by atoms with van der Waals surface area (Å²) >= 11 is 7.63. The van der Waals surface area contributed by atoms with E-state index in [4.69, 9.17) is 11.6 Å². The van der Waals surface area contributed by atoms with Crippen molar-refractivity contribution in [3.63, 3.8) is 0 Å². The molecule has 0 fully saturated rings. The lowest BCUT2D eigenvalue weighted by atomic mass is 10.1. The van der Waals surface area contributed by atoms with Gasteiger partial charge in [0.25, 0.3) is 5.91 Å². The number of thioether (sulfide) groups is 1. The molecule has 1 aromatic heterocycles. The van der Waals surface area contributed by atoms with Crippen molar-refractivity contribution in [2.45, 2.75) is 17.2 Å². The van der Waals surface area contributed by atoms with E-state index in [0.29, 0.717) is 12.1 Å². The van der Waals surface area contributed by atoms with Gasteiger partial charge < -0.3 is 5.32 Å². The maximum absolute atomic E-state index is 12.2. The summed E-state index contributed by atoms with van der Waals surface area (Å²) in [6.45, 7) is 0.424. The lowest BCUT2D eigenvalue weighted by Crippen LogP contribution is -2.23. The van der Waals surface area contributed by atoms with Crippen molar-refractivity contribution < 1.29 is 4.79 Å². The van der Waals surface area contributed by atoms with Crippen molar-refractivity contribution in [1.29, 1.82) is 0 Å². The Bertz CT molecular complexity index is 821. The second-order valence-corrected chi connectivity index (χ2v) is 6.93. The first kappa shape index (κ1) is 17.5. The average Bonchev–Trinajstić information content (AvgIpc) is 2.67. The van der Waals surface area contributed by atoms with Crippen LogP contribution < -0.4 is 5.32 Å². The molecule has 0 aliphatic rings. The van der Waals surface area contributed by atoms with Crippen LogP contribution >= 0.6 is 23.4 Å². The number of hydrogen-bond acceptors (Lipinski definition) is 3. The largest absolute Gasteiger partial charge is 0.346 e. The number of nitrogens with one attached hydrogen (secondary N) is 1. The summed E-state index contributed by atoms with van der Waals surface area (Å²) in [5.41, 5.74) is 2.66. The normalized spacial score (nSPS) is 10.4. The first-order valence-corrected chi connectivity index (χ1v) is 9.22. The summed E-state index contributed by atoms with van der Waals surface area (Å²) < 4.78 is 0. The smallest absolute Gasteiger partial charge is 0.251 e. The lowest BCUT2D eigenvalue weighted by molar-refractivity contribution is 0.0950. The van der Waals surface area contributed by atoms with Gasteiger partial charge in [-0.3, -0.25) is 9.78 Å². The van der Waals surface area contributed by atoms with Crippen LogP contribution in [0.3, 0.4) is 0 Å². The zero-order valence-corrected chi connectivity index (χ0v) is 15.1. The van der Waals surface area contributed by atoms with Gasteiger partial charge >= 0.3 is 0 Å². The van der Waals surface area contributed by atoms with Gasteiger partial charge in [-0.1, -0.05) is 29.8 Å². The minimum atomic E-state index is -0.0949. The summed E-state index contributed by atoms with van der Waals surface area (Å²) in [7, 11) is 0. The molecule has 0 spiro atoms. The monoisotopic (exact) mass is 368 g/mol. The molecule has 1 amide bonds. The first-order chi connectivity index (χ1) is 12.2. The second-order valence-electron chi connectivity index (χ2n) is 5.44. The van der Waals surface area contributed by atoms with Crippen LogP contribution in [-0.2, 0) is 12.3 Å². The van der Waals surface area contributed by atoms with E-state index in [0.717, 1.165) is 16.5 Å². The molecule has 126 valence electrons. The summed E-state index contributed by atoms with van der Waals surface area (Å²) in [5.74, 6) is 0.750. The van der Waals surface area contributed by atoms with Gasteiger partial charge in [0, 0.05) is 27.4 Å². The number of rotatable bonds is 6. The fourth-order valence-corrected chi connectivity index (χ4v) is 3.21. The number of aromatic nitrogens is 1. The molecule has 0 saturated heterocycles. The molecule has 1 N–H and O–H groups in total. The van der Waals surface area contributed by atoms with Crippen LogP contribution in [0.4, 0.5) is 0 Å². The second kappa shape index (κ2) is 8.70. The van der Waals surface area contributed by atoms with Gasteiger partial charge in [0.2, 0.25) is 0 Å². The summed E-state index contributed by atoms with van der Waals surface area (Å²) in [6.07, 6.45) is 1.72. The minimum Gasteiger partial charge on any atom is -0.346 e. The van der Waals surface area contributed by atoms with Gasteiger partial charge in [-0.2, -0.15) is 0 Å². The average molecular weight is 369 g/mol. The molecule has 2 aromatic carbocycles. The zero-order chi connectivity index (χ0) is 17.5. The SMILES string of the molecule is O=C(NCc1ccccn1)c1ccc(CSc2ccc(Cl)cc2)cc1. The van der Waals surface area contributed by atoms with Gasteiger partial charge in [-0.15, -0.1) is 11.8 Å². The lowest BCUT2D eigenvalue weighted by Gasteiger charge is -2.06. The molecule has 0 aliphatic carbocycles. The molecule has 25 heavy (non-hydrogen) atoms. The Kier molecular flexibility index (Phi) is 6.09. The van der Waals surface area contributed by atoms with E-state index in [1.54, 1.807) is 18.0 Å². The molecule has 1 heterocycles. The topological polar surface area (TPSA) is 42.0 Å². The fourth-order valence-electron chi connectivity index (χ4n) is 2.23. The fraction of sp³-hybridized carbons (Fsp3) is 0.100. The van der Waals surface area contributed by atoms with Crippen LogP contribution in [0.5, 0.6) is 0 Å². The maximum Gasteiger partial charge on any atom is 0.251 e. The van der Waals surface area contributed by atoms with E-state index < -0.39 is 0 Å². The van der Waals surface area contributed by atoms with E-state index in [1.165, 1.54) is 10.5 Å². The number of hydrogen-bond donors (Lipinski definition) is 1. The Balaban J connectivity index is 1.52. The molecule has 0 aliphatic heterocycles. The predicted molar refractivity (Wildman–Crippen MR) is 103 cm³/mol. The summed E-state index contributed by atoms with van der Waals surface area (Å²) in [5, 5.41) is 3.62. The number of benzene rings is 2. The Morgan fingerprint density at radius 2 is 1.76 bits per heavy atom. The van der Waals surface area contributed by atoms with Crippen molar-refractivity contribution in [3.8, 4) is 0 Å². The van der Waals surface area contributed by atoms with E-state index in [9.17, 15) is 4.79 Å². The minimum absolute atomic E-state index is 0.0949. The van der Waals surface area contributed by atoms with Gasteiger partial charge in [-0.25, -0.2) is 0 Å². The number of nitrogens with zero attached hydrogens (tertiary/aromatic N) is 1. The van der Waals surface area contributed by atoms with Crippen LogP contribution in [0.25, 0.3) is 0 Å². The Morgan fingerprint density at radius 3 is 2.44 bits per heavy atom. The van der Waals surface area contributed by atoms with Crippen LogP contribution in [0, 0.1) is 0 Å². The van der Waals surface area contributed by atoms with Crippen LogP contribution in [-0.4, -0.2) is 10.9 Å². The highest BCUT2D eigenvalue weighted by Gasteiger charge is 2.06. The molecular weight excluding hydrogens is 352 g/mol. The predicted octanol–water partition coefficient (Wildman–Crippen LogP) is 4.96. The maximum atomic E-state index is 12.2. The van der Waals surface area contributed by atoms with Gasteiger partial charge in [0.15, 0.2) is 0 Å². The van der Waals surface area contributed by atoms with E-state index in [-0.39, 0.29) is 5.91 Å². The molecular formula is C20H17ClN2OS. The molecule has 3 rings (SSSR count). The zero-order valence-electron chi connectivity index (χ0n) is 13.5. The highest BCUT2D eigenvalue weighted by molar-refractivity contribution is 7.98. The van der Waals surface area contributed by atoms with Crippen LogP contribution in [0.15, 0.2) is 77.8 Å². The number of halogens is 1. The molecule has 3 nitrogen and oxygen atoms in total. The van der Waals surface area contributed by atoms with E-state index in [2.05, 4.69) is 10.3 Å². The molecule has 0 bridgehead atoms. The van der Waals surface area contributed by atoms with Crippen molar-refractivity contribution in [1.82, 2.24) is 10.3 Å². The Labute approximate surface area is 156 Å². The number of pyridine rings is 1. The standard InChI is InChI=1S/C20H17ClN2OS/c21-17-8-10-19(11-9-17)25-14-15-4-6-16(7-5-15)20(24)23-13-18-3-1-2-12-22-18/h1-12H,13-14H2,(H,23,24). The summed E-state index contributed by atoms with van der Waals surface area (Å²) in [4.78, 5) is 17.5. The highest BCUT2D eigenvalue weighted by atomic mass is 35.5. The van der Waals surface area contributed by atoms with Crippen LogP contribution in [0.2, 0.25) is 5.02 Å². The number of amides is 1. The molecule has 0 saturated carbocycles. The van der Waals surface area contributed by atoms with E-state index >= 15 is 0 Å². The van der Waals surface area contributed by atoms with E-state index in [1.807, 2.05) is 66.7 Å². The molecule has 0 radical (unpaired) electrons. The third-order valence-electron chi connectivity index (χ3n) is 3.59. The third kappa shape index (κ3) is 5.34. The van der Waals surface area contributed by atoms with Crippen molar-refractivity contribution >= 4 is 29.3 Å². The van der Waals surface area contributed by atoms with Gasteiger partial charge in [0.05, 0.1) is 12.2 Å². The molecule has 5 heteroatoms. The highest BCUT2D eigenvalue weighted by Crippen LogP contribution is 2.24. The molecule has 0 unspecified atom stereocenters. The third-order valence-corrected chi connectivity index (χ3v) is 4.93. The Morgan fingerprint density at radius 1 is 1.00 bits per heavy atom. The van der Waals surface area contributed by atoms with Gasteiger partial charge in [0.1, 0.15) is 0 Å². The quantitative estimate of drug-likeness (QED) is 0.625. The first-order valence-electron chi connectivity index (χ1n) is 7.86. The molecule has 0 atom stereocenters. The molecule has 3 aromatic rings. The van der Waals surface area contributed by atoms with Crippen LogP contribution in [0.1, 0.15) is 21.6 Å².